The minimum absolute atomic E-state index is 0.559. The number of ether oxygens (including phenoxy) is 2. The summed E-state index contributed by atoms with van der Waals surface area (Å²) in [6.07, 6.45) is 0. The molecule has 0 bridgehead atoms. The molecule has 21 heavy (non-hydrogen) atoms. The number of benzene rings is 1. The highest BCUT2D eigenvalue weighted by atomic mass is 79.9. The maximum absolute atomic E-state index is 6.07. The lowest BCUT2D eigenvalue weighted by Crippen LogP contribution is -2.19. The van der Waals surface area contributed by atoms with Crippen molar-refractivity contribution in [1.82, 2.24) is 5.32 Å². The summed E-state index contributed by atoms with van der Waals surface area (Å²) in [4.78, 5) is 1.18. The van der Waals surface area contributed by atoms with Crippen LogP contribution in [0.3, 0.4) is 0 Å². The van der Waals surface area contributed by atoms with Crippen molar-refractivity contribution in [2.45, 2.75) is 13.2 Å². The van der Waals surface area contributed by atoms with E-state index in [1.807, 2.05) is 23.6 Å². The standard InChI is InChI=1S/C15H17BrClNO2S/c1-19-5-4-18-8-11-6-13(17)2-3-15(11)20-9-14-7-12(16)10-21-14/h2-3,6-7,10,18H,4-5,8-9H2,1H3. The van der Waals surface area contributed by atoms with Gasteiger partial charge < -0.3 is 14.8 Å². The highest BCUT2D eigenvalue weighted by Crippen LogP contribution is 2.26. The molecule has 0 saturated heterocycles. The minimum atomic E-state index is 0.559. The van der Waals surface area contributed by atoms with Crippen LogP contribution in [0.5, 0.6) is 5.75 Å². The van der Waals surface area contributed by atoms with Gasteiger partial charge in [-0.15, -0.1) is 11.3 Å². The molecule has 0 aliphatic heterocycles. The largest absolute Gasteiger partial charge is 0.488 e. The molecular weight excluding hydrogens is 374 g/mol. The summed E-state index contributed by atoms with van der Waals surface area (Å²) >= 11 is 11.2. The van der Waals surface area contributed by atoms with Crippen LogP contribution in [0.25, 0.3) is 0 Å². The van der Waals surface area contributed by atoms with Crippen molar-refractivity contribution in [1.29, 1.82) is 0 Å². The molecule has 1 aromatic carbocycles. The molecule has 1 N–H and O–H groups in total. The Morgan fingerprint density at radius 3 is 2.90 bits per heavy atom. The number of nitrogens with one attached hydrogen (secondary N) is 1. The van der Waals surface area contributed by atoms with Crippen molar-refractivity contribution in [3.05, 3.63) is 49.6 Å². The number of hydrogen-bond acceptors (Lipinski definition) is 4. The zero-order chi connectivity index (χ0) is 15.1. The van der Waals surface area contributed by atoms with Gasteiger partial charge in [0, 0.05) is 45.5 Å². The number of halogens is 2. The molecule has 0 amide bonds. The predicted octanol–water partition coefficient (Wildman–Crippen LogP) is 4.48. The fraction of sp³-hybridized carbons (Fsp3) is 0.333. The van der Waals surface area contributed by atoms with Gasteiger partial charge >= 0.3 is 0 Å². The zero-order valence-corrected chi connectivity index (χ0v) is 14.9. The lowest BCUT2D eigenvalue weighted by Gasteiger charge is -2.12. The Bertz CT molecular complexity index is 577. The van der Waals surface area contributed by atoms with E-state index in [1.165, 1.54) is 4.88 Å². The molecule has 0 unspecified atom stereocenters. The first kappa shape index (κ1) is 16.8. The van der Waals surface area contributed by atoms with E-state index in [-0.39, 0.29) is 0 Å². The van der Waals surface area contributed by atoms with Gasteiger partial charge in [-0.25, -0.2) is 0 Å². The second-order valence-corrected chi connectivity index (χ2v) is 6.79. The van der Waals surface area contributed by atoms with Gasteiger partial charge in [0.2, 0.25) is 0 Å². The van der Waals surface area contributed by atoms with E-state index < -0.39 is 0 Å². The van der Waals surface area contributed by atoms with Crippen LogP contribution in [0.4, 0.5) is 0 Å². The zero-order valence-electron chi connectivity index (χ0n) is 11.7. The Hall–Kier alpha value is -0.590. The highest BCUT2D eigenvalue weighted by molar-refractivity contribution is 9.10. The lowest BCUT2D eigenvalue weighted by atomic mass is 10.2. The average molecular weight is 391 g/mol. The lowest BCUT2D eigenvalue weighted by molar-refractivity contribution is 0.199. The minimum Gasteiger partial charge on any atom is -0.488 e. The Morgan fingerprint density at radius 2 is 2.19 bits per heavy atom. The Morgan fingerprint density at radius 1 is 1.33 bits per heavy atom. The maximum atomic E-state index is 6.07. The van der Waals surface area contributed by atoms with Crippen molar-refractivity contribution in [2.24, 2.45) is 0 Å². The van der Waals surface area contributed by atoms with Gasteiger partial charge in [-0.2, -0.15) is 0 Å². The number of thiophene rings is 1. The first-order valence-electron chi connectivity index (χ1n) is 6.53. The molecule has 0 saturated carbocycles. The van der Waals surface area contributed by atoms with E-state index in [0.717, 1.165) is 22.3 Å². The maximum Gasteiger partial charge on any atom is 0.124 e. The van der Waals surface area contributed by atoms with Gasteiger partial charge in [0.1, 0.15) is 12.4 Å². The summed E-state index contributed by atoms with van der Waals surface area (Å²) in [6, 6.07) is 7.76. The molecule has 0 spiro atoms. The summed E-state index contributed by atoms with van der Waals surface area (Å²) < 4.78 is 12.0. The molecule has 3 nitrogen and oxygen atoms in total. The Balaban J connectivity index is 1.97. The van der Waals surface area contributed by atoms with Crippen molar-refractivity contribution in [3.63, 3.8) is 0 Å². The molecule has 114 valence electrons. The normalized spacial score (nSPS) is 10.8. The van der Waals surface area contributed by atoms with Crippen molar-refractivity contribution < 1.29 is 9.47 Å². The van der Waals surface area contributed by atoms with Gasteiger partial charge in [0.05, 0.1) is 6.61 Å². The van der Waals surface area contributed by atoms with Crippen molar-refractivity contribution in [3.8, 4) is 5.75 Å². The van der Waals surface area contributed by atoms with Gasteiger partial charge in [-0.1, -0.05) is 11.6 Å². The number of methoxy groups -OCH3 is 1. The molecule has 6 heteroatoms. The van der Waals surface area contributed by atoms with Gasteiger partial charge in [-0.05, 0) is 40.2 Å². The monoisotopic (exact) mass is 389 g/mol. The first-order valence-corrected chi connectivity index (χ1v) is 8.58. The predicted molar refractivity (Wildman–Crippen MR) is 91.4 cm³/mol. The molecule has 2 aromatic rings. The second kappa shape index (κ2) is 8.76. The third-order valence-electron chi connectivity index (χ3n) is 2.81. The van der Waals surface area contributed by atoms with Crippen LogP contribution in [0.15, 0.2) is 34.1 Å². The summed E-state index contributed by atoms with van der Waals surface area (Å²) in [7, 11) is 1.69. The van der Waals surface area contributed by atoms with E-state index in [1.54, 1.807) is 18.4 Å². The Kier molecular flexibility index (Phi) is 6.99. The third-order valence-corrected chi connectivity index (χ3v) is 4.72. The number of rotatable bonds is 8. The van der Waals surface area contributed by atoms with Gasteiger partial charge in [-0.3, -0.25) is 0 Å². The first-order chi connectivity index (χ1) is 10.2. The fourth-order valence-corrected chi connectivity index (χ4v) is 3.36. The molecule has 0 aliphatic rings. The van der Waals surface area contributed by atoms with E-state index in [0.29, 0.717) is 24.8 Å². The van der Waals surface area contributed by atoms with Crippen LogP contribution in [0, 0.1) is 0 Å². The topological polar surface area (TPSA) is 30.5 Å². The van der Waals surface area contributed by atoms with Crippen LogP contribution >= 0.6 is 38.9 Å². The van der Waals surface area contributed by atoms with E-state index in [4.69, 9.17) is 21.1 Å². The SMILES string of the molecule is COCCNCc1cc(Cl)ccc1OCc1cc(Br)cs1. The second-order valence-electron chi connectivity index (χ2n) is 4.44. The van der Waals surface area contributed by atoms with Gasteiger partial charge in [0.15, 0.2) is 0 Å². The molecule has 0 atom stereocenters. The smallest absolute Gasteiger partial charge is 0.124 e. The van der Waals surface area contributed by atoms with Crippen LogP contribution < -0.4 is 10.1 Å². The van der Waals surface area contributed by atoms with Crippen LogP contribution in [0.1, 0.15) is 10.4 Å². The molecule has 1 aromatic heterocycles. The van der Waals surface area contributed by atoms with Crippen molar-refractivity contribution in [2.75, 3.05) is 20.3 Å². The molecule has 0 radical (unpaired) electrons. The molecule has 1 heterocycles. The van der Waals surface area contributed by atoms with Crippen LogP contribution in [-0.2, 0) is 17.9 Å². The molecule has 2 rings (SSSR count). The van der Waals surface area contributed by atoms with Crippen molar-refractivity contribution >= 4 is 38.9 Å². The third kappa shape index (κ3) is 5.60. The quantitative estimate of drug-likeness (QED) is 0.674. The summed E-state index contributed by atoms with van der Waals surface area (Å²) in [5, 5.41) is 6.07. The molecule has 0 aliphatic carbocycles. The fourth-order valence-electron chi connectivity index (χ4n) is 1.80. The highest BCUT2D eigenvalue weighted by Gasteiger charge is 2.06. The van der Waals surface area contributed by atoms with E-state index in [2.05, 4.69) is 27.3 Å². The summed E-state index contributed by atoms with van der Waals surface area (Å²) in [5.74, 6) is 0.855. The van der Waals surface area contributed by atoms with Gasteiger partial charge in [0.25, 0.3) is 0 Å². The Labute approximate surface area is 142 Å². The van der Waals surface area contributed by atoms with Crippen LogP contribution in [-0.4, -0.2) is 20.3 Å². The van der Waals surface area contributed by atoms with E-state index in [9.17, 15) is 0 Å². The molecule has 0 fully saturated rings. The molecular formula is C15H17BrClNO2S. The van der Waals surface area contributed by atoms with Crippen LogP contribution in [0.2, 0.25) is 5.02 Å². The summed E-state index contributed by atoms with van der Waals surface area (Å²) in [5.41, 5.74) is 1.05. The number of hydrogen-bond donors (Lipinski definition) is 1. The van der Waals surface area contributed by atoms with E-state index >= 15 is 0 Å². The average Bonchev–Trinajstić information content (AvgIpc) is 2.88. The summed E-state index contributed by atoms with van der Waals surface area (Å²) in [6.45, 7) is 2.73.